The van der Waals surface area contributed by atoms with E-state index in [-0.39, 0.29) is 6.54 Å². The number of amides is 1. The molecular weight excluding hydrogens is 434 g/mol. The predicted molar refractivity (Wildman–Crippen MR) is 130 cm³/mol. The molecule has 1 N–H and O–H groups in total. The number of hydrogen-bond acceptors (Lipinski definition) is 5. The number of esters is 1. The molecule has 0 fully saturated rings. The van der Waals surface area contributed by atoms with Crippen molar-refractivity contribution in [2.75, 3.05) is 11.9 Å². The van der Waals surface area contributed by atoms with Gasteiger partial charge in [-0.3, -0.25) is 23.5 Å². The number of carbonyl (C=O) groups is 2. The third-order valence-corrected chi connectivity index (χ3v) is 5.39. The van der Waals surface area contributed by atoms with Gasteiger partial charge in [0.2, 0.25) is 0 Å². The van der Waals surface area contributed by atoms with Crippen LogP contribution in [0.5, 0.6) is 0 Å². The molecule has 0 unspecified atom stereocenters. The SMILES string of the molecule is CCn1c(=O)c2ccccc2n(CC(=O)OCC(=O)Nc2ccccc2-c2ccccc2)c1=O. The topological polar surface area (TPSA) is 99.4 Å². The van der Waals surface area contributed by atoms with Gasteiger partial charge in [0.1, 0.15) is 6.54 Å². The van der Waals surface area contributed by atoms with Crippen LogP contribution >= 0.6 is 0 Å². The molecule has 0 aliphatic heterocycles. The Labute approximate surface area is 195 Å². The summed E-state index contributed by atoms with van der Waals surface area (Å²) in [5, 5.41) is 3.09. The smallest absolute Gasteiger partial charge is 0.332 e. The molecule has 1 heterocycles. The van der Waals surface area contributed by atoms with Gasteiger partial charge < -0.3 is 10.1 Å². The zero-order chi connectivity index (χ0) is 24.1. The van der Waals surface area contributed by atoms with Gasteiger partial charge in [0.25, 0.3) is 11.5 Å². The van der Waals surface area contributed by atoms with Gasteiger partial charge in [-0.15, -0.1) is 0 Å². The summed E-state index contributed by atoms with van der Waals surface area (Å²) in [6, 6.07) is 23.5. The van der Waals surface area contributed by atoms with E-state index < -0.39 is 36.3 Å². The number of anilines is 1. The molecule has 4 aromatic rings. The number of fused-ring (bicyclic) bond motifs is 1. The Balaban J connectivity index is 1.47. The number of ether oxygens (including phenoxy) is 1. The molecule has 0 saturated carbocycles. The van der Waals surface area contributed by atoms with Crippen LogP contribution in [0.25, 0.3) is 22.0 Å². The standard InChI is InChI=1S/C26H23N3O5/c1-2-28-25(32)20-13-7-9-15-22(20)29(26(28)33)16-24(31)34-17-23(30)27-21-14-8-6-12-19(21)18-10-4-3-5-11-18/h3-15H,2,16-17H2,1H3,(H,27,30). The molecule has 0 aliphatic carbocycles. The predicted octanol–water partition coefficient (Wildman–Crippen LogP) is 3.03. The van der Waals surface area contributed by atoms with Crippen LogP contribution in [0.4, 0.5) is 5.69 Å². The fourth-order valence-electron chi connectivity index (χ4n) is 3.77. The Morgan fingerprint density at radius 3 is 2.29 bits per heavy atom. The number of hydrogen-bond donors (Lipinski definition) is 1. The van der Waals surface area contributed by atoms with Crippen LogP contribution in [0.1, 0.15) is 6.92 Å². The monoisotopic (exact) mass is 457 g/mol. The van der Waals surface area contributed by atoms with Gasteiger partial charge in [-0.05, 0) is 30.7 Å². The molecular formula is C26H23N3O5. The summed E-state index contributed by atoms with van der Waals surface area (Å²) in [6.07, 6.45) is 0. The molecule has 3 aromatic carbocycles. The summed E-state index contributed by atoms with van der Waals surface area (Å²) in [5.41, 5.74) is 1.68. The number of para-hydroxylation sites is 2. The first kappa shape index (κ1) is 22.7. The van der Waals surface area contributed by atoms with Crippen molar-refractivity contribution in [3.05, 3.63) is 99.7 Å². The lowest BCUT2D eigenvalue weighted by molar-refractivity contribution is -0.147. The normalized spacial score (nSPS) is 10.7. The Morgan fingerprint density at radius 1 is 0.853 bits per heavy atom. The van der Waals surface area contributed by atoms with Crippen molar-refractivity contribution in [1.29, 1.82) is 0 Å². The summed E-state index contributed by atoms with van der Waals surface area (Å²) in [5.74, 6) is -1.27. The minimum Gasteiger partial charge on any atom is -0.454 e. The number of aromatic nitrogens is 2. The van der Waals surface area contributed by atoms with E-state index in [1.165, 1.54) is 4.57 Å². The van der Waals surface area contributed by atoms with Gasteiger partial charge in [0.05, 0.1) is 10.9 Å². The zero-order valence-electron chi connectivity index (χ0n) is 18.6. The molecule has 1 aromatic heterocycles. The van der Waals surface area contributed by atoms with Crippen LogP contribution < -0.4 is 16.6 Å². The highest BCUT2D eigenvalue weighted by molar-refractivity contribution is 5.97. The molecule has 4 rings (SSSR count). The van der Waals surface area contributed by atoms with Crippen molar-refractivity contribution >= 4 is 28.5 Å². The molecule has 8 heteroatoms. The summed E-state index contributed by atoms with van der Waals surface area (Å²) >= 11 is 0. The van der Waals surface area contributed by atoms with Crippen molar-refractivity contribution < 1.29 is 14.3 Å². The lowest BCUT2D eigenvalue weighted by Crippen LogP contribution is -2.41. The fraction of sp³-hybridized carbons (Fsp3) is 0.154. The number of carbonyl (C=O) groups excluding carboxylic acids is 2. The third-order valence-electron chi connectivity index (χ3n) is 5.39. The Bertz CT molecular complexity index is 1470. The second-order valence-electron chi connectivity index (χ2n) is 7.56. The maximum absolute atomic E-state index is 12.8. The maximum atomic E-state index is 12.8. The van der Waals surface area contributed by atoms with Gasteiger partial charge in [-0.25, -0.2) is 4.79 Å². The summed E-state index contributed by atoms with van der Waals surface area (Å²) < 4.78 is 7.38. The van der Waals surface area contributed by atoms with Crippen LogP contribution in [0.3, 0.4) is 0 Å². The highest BCUT2D eigenvalue weighted by Crippen LogP contribution is 2.27. The van der Waals surface area contributed by atoms with E-state index in [0.29, 0.717) is 16.6 Å². The number of nitrogens with zero attached hydrogens (tertiary/aromatic N) is 2. The Morgan fingerprint density at radius 2 is 1.53 bits per heavy atom. The van der Waals surface area contributed by atoms with E-state index in [1.807, 2.05) is 42.5 Å². The minimum atomic E-state index is -0.764. The van der Waals surface area contributed by atoms with E-state index in [4.69, 9.17) is 4.74 Å². The first-order chi connectivity index (χ1) is 16.5. The molecule has 0 saturated heterocycles. The molecule has 8 nitrogen and oxygen atoms in total. The maximum Gasteiger partial charge on any atom is 0.332 e. The first-order valence-electron chi connectivity index (χ1n) is 10.8. The molecule has 0 bridgehead atoms. The van der Waals surface area contributed by atoms with Crippen molar-refractivity contribution in [2.45, 2.75) is 20.0 Å². The molecule has 34 heavy (non-hydrogen) atoms. The van der Waals surface area contributed by atoms with Crippen LogP contribution in [0, 0.1) is 0 Å². The highest BCUT2D eigenvalue weighted by atomic mass is 16.5. The second-order valence-corrected chi connectivity index (χ2v) is 7.56. The van der Waals surface area contributed by atoms with Crippen LogP contribution in [0.15, 0.2) is 88.5 Å². The van der Waals surface area contributed by atoms with Crippen molar-refractivity contribution in [1.82, 2.24) is 9.13 Å². The summed E-state index contributed by atoms with van der Waals surface area (Å²) in [6.45, 7) is 0.911. The number of nitrogens with one attached hydrogen (secondary N) is 1. The molecule has 0 spiro atoms. The molecule has 172 valence electrons. The van der Waals surface area contributed by atoms with Crippen LogP contribution in [-0.2, 0) is 27.4 Å². The van der Waals surface area contributed by atoms with Crippen LogP contribution in [0.2, 0.25) is 0 Å². The second kappa shape index (κ2) is 9.99. The van der Waals surface area contributed by atoms with Gasteiger partial charge in [0, 0.05) is 17.8 Å². The van der Waals surface area contributed by atoms with Crippen molar-refractivity contribution in [3.8, 4) is 11.1 Å². The third kappa shape index (κ3) is 4.66. The fourth-order valence-corrected chi connectivity index (χ4v) is 3.77. The minimum absolute atomic E-state index is 0.167. The molecule has 0 aliphatic rings. The first-order valence-corrected chi connectivity index (χ1v) is 10.8. The lowest BCUT2D eigenvalue weighted by Gasteiger charge is -2.13. The quantitative estimate of drug-likeness (QED) is 0.430. The van der Waals surface area contributed by atoms with E-state index in [0.717, 1.165) is 15.7 Å². The van der Waals surface area contributed by atoms with Gasteiger partial charge in [-0.1, -0.05) is 60.7 Å². The van der Waals surface area contributed by atoms with Crippen molar-refractivity contribution in [3.63, 3.8) is 0 Å². The molecule has 0 atom stereocenters. The molecule has 0 radical (unpaired) electrons. The van der Waals surface area contributed by atoms with E-state index >= 15 is 0 Å². The highest BCUT2D eigenvalue weighted by Gasteiger charge is 2.16. The lowest BCUT2D eigenvalue weighted by atomic mass is 10.0. The largest absolute Gasteiger partial charge is 0.454 e. The van der Waals surface area contributed by atoms with Crippen LogP contribution in [-0.4, -0.2) is 27.6 Å². The number of benzene rings is 3. The van der Waals surface area contributed by atoms with Gasteiger partial charge >= 0.3 is 11.7 Å². The van der Waals surface area contributed by atoms with Gasteiger partial charge in [-0.2, -0.15) is 0 Å². The van der Waals surface area contributed by atoms with E-state index in [2.05, 4.69) is 5.32 Å². The van der Waals surface area contributed by atoms with Crippen molar-refractivity contribution in [2.24, 2.45) is 0 Å². The molecule has 1 amide bonds. The summed E-state index contributed by atoms with van der Waals surface area (Å²) in [7, 11) is 0. The van der Waals surface area contributed by atoms with Gasteiger partial charge in [0.15, 0.2) is 6.61 Å². The number of rotatable bonds is 7. The van der Waals surface area contributed by atoms with E-state index in [1.54, 1.807) is 43.3 Å². The zero-order valence-corrected chi connectivity index (χ0v) is 18.6. The summed E-state index contributed by atoms with van der Waals surface area (Å²) in [4.78, 5) is 50.2. The average molecular weight is 457 g/mol. The Kier molecular flexibility index (Phi) is 6.68. The van der Waals surface area contributed by atoms with E-state index in [9.17, 15) is 19.2 Å². The Hall–Kier alpha value is -4.46. The average Bonchev–Trinajstić information content (AvgIpc) is 2.86.